The molecule has 0 saturated carbocycles. The maximum absolute atomic E-state index is 12.7. The molecule has 154 valence electrons. The first-order valence-corrected chi connectivity index (χ1v) is 12.2. The zero-order chi connectivity index (χ0) is 19.6. The zero-order valence-corrected chi connectivity index (χ0v) is 17.4. The van der Waals surface area contributed by atoms with Crippen molar-refractivity contribution in [2.24, 2.45) is 11.8 Å². The van der Waals surface area contributed by atoms with Gasteiger partial charge in [-0.3, -0.25) is 9.59 Å². The lowest BCUT2D eigenvalue weighted by Gasteiger charge is -2.27. The summed E-state index contributed by atoms with van der Waals surface area (Å²) in [5.41, 5.74) is 0. The molecule has 3 fully saturated rings. The van der Waals surface area contributed by atoms with Gasteiger partial charge < -0.3 is 9.80 Å². The van der Waals surface area contributed by atoms with E-state index in [1.54, 1.807) is 4.90 Å². The van der Waals surface area contributed by atoms with Crippen molar-refractivity contribution in [1.82, 2.24) is 14.1 Å². The quantitative estimate of drug-likeness (QED) is 0.645. The lowest BCUT2D eigenvalue weighted by atomic mass is 9.89. The van der Waals surface area contributed by atoms with Crippen molar-refractivity contribution >= 4 is 21.8 Å². The van der Waals surface area contributed by atoms with E-state index in [0.29, 0.717) is 25.9 Å². The summed E-state index contributed by atoms with van der Waals surface area (Å²) in [5, 5.41) is 0. The van der Waals surface area contributed by atoms with Gasteiger partial charge in [0, 0.05) is 31.3 Å². The van der Waals surface area contributed by atoms with Crippen molar-refractivity contribution in [2.45, 2.75) is 57.9 Å². The number of hydrogen-bond acceptors (Lipinski definition) is 5. The summed E-state index contributed by atoms with van der Waals surface area (Å²) >= 11 is 0. The van der Waals surface area contributed by atoms with Crippen LogP contribution in [0.4, 0.5) is 0 Å². The van der Waals surface area contributed by atoms with Crippen molar-refractivity contribution in [3.8, 4) is 0 Å². The Hall–Kier alpha value is -1.15. The van der Waals surface area contributed by atoms with Gasteiger partial charge in [0.15, 0.2) is 0 Å². The molecule has 0 aliphatic carbocycles. The lowest BCUT2D eigenvalue weighted by Crippen LogP contribution is -2.43. The predicted octanol–water partition coefficient (Wildman–Crippen LogP) is 1.30. The highest BCUT2D eigenvalue weighted by molar-refractivity contribution is 7.88. The smallest absolute Gasteiger partial charge is 0.239 e. The molecule has 0 aromatic heterocycles. The molecule has 0 N–H and O–H groups in total. The van der Waals surface area contributed by atoms with Gasteiger partial charge in [0.05, 0.1) is 12.3 Å². The third-order valence-electron chi connectivity index (χ3n) is 6.31. The number of rotatable bonds is 7. The largest absolute Gasteiger partial charge is 0.340 e. The molecule has 3 saturated heterocycles. The molecule has 0 bridgehead atoms. The van der Waals surface area contributed by atoms with Gasteiger partial charge in [-0.2, -0.15) is 0 Å². The van der Waals surface area contributed by atoms with Crippen LogP contribution in [-0.2, 0) is 19.6 Å². The molecule has 3 aliphatic rings. The number of fused-ring (bicyclic) bond motifs is 1. The number of carbonyl (C=O) groups excluding carboxylic acids is 2. The number of amides is 2. The summed E-state index contributed by atoms with van der Waals surface area (Å²) in [6.45, 7) is 6.09. The average Bonchev–Trinajstić information content (AvgIpc) is 3.13. The van der Waals surface area contributed by atoms with Crippen LogP contribution in [0.15, 0.2) is 0 Å². The molecule has 0 unspecified atom stereocenters. The number of likely N-dealkylation sites (tertiary alicyclic amines) is 2. The van der Waals surface area contributed by atoms with Gasteiger partial charge in [0.25, 0.3) is 0 Å². The summed E-state index contributed by atoms with van der Waals surface area (Å²) in [7, 11) is -3.60. The monoisotopic (exact) mass is 399 g/mol. The second kappa shape index (κ2) is 8.47. The van der Waals surface area contributed by atoms with Gasteiger partial charge >= 0.3 is 0 Å². The van der Waals surface area contributed by atoms with Crippen LogP contribution in [0.2, 0.25) is 0 Å². The minimum absolute atomic E-state index is 0.0572. The number of piperidine rings is 1. The van der Waals surface area contributed by atoms with Crippen LogP contribution in [-0.4, -0.2) is 79.4 Å². The Morgan fingerprint density at radius 3 is 2.48 bits per heavy atom. The molecular formula is C19H33N3O4S. The molecule has 2 amide bonds. The molecular weight excluding hydrogens is 366 g/mol. The number of nitrogens with zero attached hydrogens (tertiary/aromatic N) is 3. The van der Waals surface area contributed by atoms with E-state index in [0.717, 1.165) is 43.0 Å². The second-order valence-corrected chi connectivity index (χ2v) is 10.2. The Labute approximate surface area is 163 Å². The lowest BCUT2D eigenvalue weighted by molar-refractivity contribution is -0.133. The van der Waals surface area contributed by atoms with E-state index in [2.05, 4.69) is 4.90 Å². The van der Waals surface area contributed by atoms with Gasteiger partial charge in [-0.05, 0) is 45.3 Å². The molecule has 3 atom stereocenters. The van der Waals surface area contributed by atoms with Gasteiger partial charge in [-0.1, -0.05) is 19.8 Å². The minimum Gasteiger partial charge on any atom is -0.340 e. The molecule has 0 aromatic carbocycles. The van der Waals surface area contributed by atoms with E-state index in [1.807, 2.05) is 6.92 Å². The number of hydrogen-bond donors (Lipinski definition) is 0. The Morgan fingerprint density at radius 2 is 1.85 bits per heavy atom. The molecule has 3 aliphatic heterocycles. The summed E-state index contributed by atoms with van der Waals surface area (Å²) < 4.78 is 25.4. The van der Waals surface area contributed by atoms with Gasteiger partial charge in [0.1, 0.15) is 0 Å². The van der Waals surface area contributed by atoms with Crippen LogP contribution in [0.25, 0.3) is 0 Å². The fraction of sp³-hybridized carbons (Fsp3) is 0.895. The Bertz CT molecular complexity index is 660. The van der Waals surface area contributed by atoms with E-state index < -0.39 is 10.0 Å². The van der Waals surface area contributed by atoms with Crippen molar-refractivity contribution < 1.29 is 18.0 Å². The van der Waals surface area contributed by atoms with Crippen molar-refractivity contribution in [3.63, 3.8) is 0 Å². The van der Waals surface area contributed by atoms with Crippen LogP contribution >= 0.6 is 0 Å². The molecule has 8 heteroatoms. The topological polar surface area (TPSA) is 78.0 Å². The Balaban J connectivity index is 1.58. The van der Waals surface area contributed by atoms with Gasteiger partial charge in [0.2, 0.25) is 21.8 Å². The zero-order valence-electron chi connectivity index (χ0n) is 16.6. The minimum atomic E-state index is -3.60. The van der Waals surface area contributed by atoms with Crippen molar-refractivity contribution in [1.29, 1.82) is 0 Å². The van der Waals surface area contributed by atoms with Crippen LogP contribution in [0.3, 0.4) is 0 Å². The highest BCUT2D eigenvalue weighted by Gasteiger charge is 2.55. The molecule has 0 radical (unpaired) electrons. The van der Waals surface area contributed by atoms with E-state index in [1.165, 1.54) is 19.3 Å². The molecule has 3 heterocycles. The molecule has 7 nitrogen and oxygen atoms in total. The summed E-state index contributed by atoms with van der Waals surface area (Å²) in [6.07, 6.45) is 7.76. The molecule has 0 spiro atoms. The summed E-state index contributed by atoms with van der Waals surface area (Å²) in [4.78, 5) is 29.5. The standard InChI is InChI=1S/C19H33N3O4S/c1-3-8-15-16-13-21(14-17(16)22(19(15)24)27(2,25)26)18(23)9-7-12-20-10-5-4-6-11-20/h15-17H,3-14H2,1-2H3/t15-,16-,17+/m0/s1. The maximum atomic E-state index is 12.7. The van der Waals surface area contributed by atoms with Crippen LogP contribution in [0.1, 0.15) is 51.9 Å². The van der Waals surface area contributed by atoms with Crippen LogP contribution < -0.4 is 0 Å². The molecule has 27 heavy (non-hydrogen) atoms. The SMILES string of the molecule is CCC[C@@H]1C(=O)N(S(C)(=O)=O)[C@@H]2CN(C(=O)CCCN3CCCCC3)C[C@@H]12. The molecule has 3 rings (SSSR count). The van der Waals surface area contributed by atoms with Gasteiger partial charge in [-0.15, -0.1) is 0 Å². The maximum Gasteiger partial charge on any atom is 0.239 e. The highest BCUT2D eigenvalue weighted by atomic mass is 32.2. The van der Waals surface area contributed by atoms with Crippen molar-refractivity contribution in [2.75, 3.05) is 39.0 Å². The Morgan fingerprint density at radius 1 is 1.15 bits per heavy atom. The van der Waals surface area contributed by atoms with E-state index in [4.69, 9.17) is 0 Å². The fourth-order valence-corrected chi connectivity index (χ4v) is 6.20. The van der Waals surface area contributed by atoms with Gasteiger partial charge in [-0.25, -0.2) is 12.7 Å². The first-order chi connectivity index (χ1) is 12.8. The van der Waals surface area contributed by atoms with E-state index >= 15 is 0 Å². The first-order valence-electron chi connectivity index (χ1n) is 10.4. The molecule has 0 aromatic rings. The number of sulfonamides is 1. The third-order valence-corrected chi connectivity index (χ3v) is 7.47. The predicted molar refractivity (Wildman–Crippen MR) is 103 cm³/mol. The summed E-state index contributed by atoms with van der Waals surface area (Å²) in [6, 6.07) is -0.380. The normalized spacial score (nSPS) is 29.4. The van der Waals surface area contributed by atoms with E-state index in [-0.39, 0.29) is 29.7 Å². The Kier molecular flexibility index (Phi) is 6.46. The fourth-order valence-electron chi connectivity index (χ4n) is 5.02. The third kappa shape index (κ3) is 4.47. The van der Waals surface area contributed by atoms with Crippen LogP contribution in [0.5, 0.6) is 0 Å². The van der Waals surface area contributed by atoms with Crippen LogP contribution in [0, 0.1) is 11.8 Å². The number of carbonyl (C=O) groups is 2. The average molecular weight is 400 g/mol. The van der Waals surface area contributed by atoms with E-state index in [9.17, 15) is 18.0 Å². The highest BCUT2D eigenvalue weighted by Crippen LogP contribution is 2.40. The van der Waals surface area contributed by atoms with Crippen molar-refractivity contribution in [3.05, 3.63) is 0 Å². The summed E-state index contributed by atoms with van der Waals surface area (Å²) in [5.74, 6) is -0.511. The second-order valence-electron chi connectivity index (χ2n) is 8.33. The first kappa shape index (κ1) is 20.6.